The first-order chi connectivity index (χ1) is 13.3. The van der Waals surface area contributed by atoms with E-state index in [1.807, 2.05) is 0 Å². The van der Waals surface area contributed by atoms with Crippen molar-refractivity contribution in [3.63, 3.8) is 0 Å². The first-order valence-electron chi connectivity index (χ1n) is 8.36. The molecular formula is C19H13F4N3O2. The SMILES string of the molecule is O=C(Nc1cc2cnc(-c3ccccc3OC(F)(F)F)cc2cn1)[C@@H]1C[C@@H]1F. The van der Waals surface area contributed by atoms with Gasteiger partial charge in [-0.3, -0.25) is 9.78 Å². The second kappa shape index (κ2) is 6.74. The minimum atomic E-state index is -4.82. The Labute approximate surface area is 156 Å². The van der Waals surface area contributed by atoms with Gasteiger partial charge in [-0.1, -0.05) is 12.1 Å². The van der Waals surface area contributed by atoms with Crippen molar-refractivity contribution >= 4 is 22.5 Å². The number of hydrogen-bond donors (Lipinski definition) is 1. The number of fused-ring (bicyclic) bond motifs is 1. The summed E-state index contributed by atoms with van der Waals surface area (Å²) in [6, 6.07) is 8.84. The molecule has 5 nitrogen and oxygen atoms in total. The van der Waals surface area contributed by atoms with Crippen LogP contribution in [0, 0.1) is 5.92 Å². The molecule has 0 spiro atoms. The highest BCUT2D eigenvalue weighted by atomic mass is 19.4. The molecule has 1 amide bonds. The molecule has 0 aliphatic heterocycles. The number of amides is 1. The largest absolute Gasteiger partial charge is 0.573 e. The van der Waals surface area contributed by atoms with Crippen LogP contribution in [-0.4, -0.2) is 28.4 Å². The Morgan fingerprint density at radius 2 is 1.79 bits per heavy atom. The molecule has 1 N–H and O–H groups in total. The molecule has 2 atom stereocenters. The van der Waals surface area contributed by atoms with E-state index in [2.05, 4.69) is 20.0 Å². The van der Waals surface area contributed by atoms with Gasteiger partial charge in [-0.2, -0.15) is 0 Å². The van der Waals surface area contributed by atoms with Crippen molar-refractivity contribution in [3.05, 3.63) is 48.8 Å². The number of aromatic nitrogens is 2. The van der Waals surface area contributed by atoms with Crippen molar-refractivity contribution in [2.75, 3.05) is 5.32 Å². The molecular weight excluding hydrogens is 378 g/mol. The molecule has 0 saturated heterocycles. The number of alkyl halides is 4. The minimum Gasteiger partial charge on any atom is -0.405 e. The van der Waals surface area contributed by atoms with Crippen LogP contribution in [0.3, 0.4) is 0 Å². The van der Waals surface area contributed by atoms with E-state index in [4.69, 9.17) is 0 Å². The lowest BCUT2D eigenvalue weighted by molar-refractivity contribution is -0.274. The van der Waals surface area contributed by atoms with E-state index in [1.54, 1.807) is 18.2 Å². The fraction of sp³-hybridized carbons (Fsp3) is 0.211. The monoisotopic (exact) mass is 391 g/mol. The van der Waals surface area contributed by atoms with Crippen molar-refractivity contribution in [1.29, 1.82) is 0 Å². The molecule has 144 valence electrons. The molecule has 2 aromatic heterocycles. The summed E-state index contributed by atoms with van der Waals surface area (Å²) in [5.74, 6) is -1.17. The Balaban J connectivity index is 1.62. The fourth-order valence-electron chi connectivity index (χ4n) is 2.80. The van der Waals surface area contributed by atoms with E-state index in [0.717, 1.165) is 0 Å². The number of nitrogens with one attached hydrogen (secondary N) is 1. The molecule has 1 aliphatic rings. The van der Waals surface area contributed by atoms with Crippen LogP contribution in [0.25, 0.3) is 22.0 Å². The number of anilines is 1. The molecule has 2 heterocycles. The number of hydrogen-bond acceptors (Lipinski definition) is 4. The van der Waals surface area contributed by atoms with E-state index in [1.165, 1.54) is 30.6 Å². The van der Waals surface area contributed by atoms with Crippen molar-refractivity contribution in [2.45, 2.75) is 19.0 Å². The topological polar surface area (TPSA) is 64.1 Å². The summed E-state index contributed by atoms with van der Waals surface area (Å²) in [5.41, 5.74) is 0.464. The van der Waals surface area contributed by atoms with E-state index >= 15 is 0 Å². The maximum Gasteiger partial charge on any atom is 0.573 e. The first kappa shape index (κ1) is 18.1. The fourth-order valence-corrected chi connectivity index (χ4v) is 2.80. The van der Waals surface area contributed by atoms with Gasteiger partial charge in [0, 0.05) is 28.7 Å². The summed E-state index contributed by atoms with van der Waals surface area (Å²) in [5, 5.41) is 3.78. The number of halogens is 4. The van der Waals surface area contributed by atoms with Crippen LogP contribution in [-0.2, 0) is 4.79 Å². The average molecular weight is 391 g/mol. The zero-order chi connectivity index (χ0) is 19.9. The number of para-hydroxylation sites is 1. The number of ether oxygens (including phenoxy) is 1. The summed E-state index contributed by atoms with van der Waals surface area (Å²) in [4.78, 5) is 20.1. The molecule has 4 rings (SSSR count). The predicted octanol–water partition coefficient (Wildman–Crippen LogP) is 4.49. The summed E-state index contributed by atoms with van der Waals surface area (Å²) < 4.78 is 54.9. The molecule has 0 radical (unpaired) electrons. The van der Waals surface area contributed by atoms with Crippen LogP contribution in [0.5, 0.6) is 5.75 Å². The minimum absolute atomic E-state index is 0.182. The summed E-state index contributed by atoms with van der Waals surface area (Å²) in [6.07, 6.45) is -2.79. The molecule has 9 heteroatoms. The number of rotatable bonds is 4. The highest BCUT2D eigenvalue weighted by Crippen LogP contribution is 2.35. The van der Waals surface area contributed by atoms with E-state index in [0.29, 0.717) is 10.8 Å². The van der Waals surface area contributed by atoms with Crippen LogP contribution >= 0.6 is 0 Å². The normalized spacial score (nSPS) is 18.7. The average Bonchev–Trinajstić information content (AvgIpc) is 3.37. The molecule has 3 aromatic rings. The summed E-state index contributed by atoms with van der Waals surface area (Å²) in [7, 11) is 0. The third-order valence-corrected chi connectivity index (χ3v) is 4.29. The Morgan fingerprint density at radius 1 is 1.11 bits per heavy atom. The standard InChI is InChI=1S/C19H13F4N3O2/c20-14-7-13(14)18(27)26-17-6-11-8-24-15(5-10(11)9-25-17)12-3-1-2-4-16(12)28-19(21,22)23/h1-6,8-9,13-14H,7H2,(H,25,26,27)/t13-,14+/m1/s1. The van der Waals surface area contributed by atoms with Gasteiger partial charge < -0.3 is 10.1 Å². The summed E-state index contributed by atoms with van der Waals surface area (Å²) >= 11 is 0. The van der Waals surface area contributed by atoms with Gasteiger partial charge in [-0.15, -0.1) is 13.2 Å². The third-order valence-electron chi connectivity index (χ3n) is 4.29. The van der Waals surface area contributed by atoms with Crippen molar-refractivity contribution in [2.24, 2.45) is 5.92 Å². The molecule has 1 aliphatic carbocycles. The quantitative estimate of drug-likeness (QED) is 0.666. The first-order valence-corrected chi connectivity index (χ1v) is 8.36. The maximum atomic E-state index is 13.0. The Kier molecular flexibility index (Phi) is 4.37. The molecule has 0 bridgehead atoms. The van der Waals surface area contributed by atoms with Crippen molar-refractivity contribution in [3.8, 4) is 17.0 Å². The van der Waals surface area contributed by atoms with Gasteiger partial charge in [0.15, 0.2) is 0 Å². The lowest BCUT2D eigenvalue weighted by Gasteiger charge is -2.13. The van der Waals surface area contributed by atoms with Crippen molar-refractivity contribution in [1.82, 2.24) is 9.97 Å². The molecule has 1 saturated carbocycles. The highest BCUT2D eigenvalue weighted by Gasteiger charge is 2.43. The number of benzene rings is 1. The number of carbonyl (C=O) groups excluding carboxylic acids is 1. The van der Waals surface area contributed by atoms with Crippen LogP contribution < -0.4 is 10.1 Å². The molecule has 28 heavy (non-hydrogen) atoms. The molecule has 0 unspecified atom stereocenters. The highest BCUT2D eigenvalue weighted by molar-refractivity contribution is 5.96. The molecule has 1 fully saturated rings. The lowest BCUT2D eigenvalue weighted by Crippen LogP contribution is -2.17. The second-order valence-electron chi connectivity index (χ2n) is 6.38. The van der Waals surface area contributed by atoms with E-state index < -0.39 is 24.4 Å². The van der Waals surface area contributed by atoms with Gasteiger partial charge in [-0.05, 0) is 30.7 Å². The van der Waals surface area contributed by atoms with Crippen LogP contribution in [0.15, 0.2) is 48.8 Å². The Hall–Kier alpha value is -3.23. The van der Waals surface area contributed by atoms with Gasteiger partial charge in [0.1, 0.15) is 17.7 Å². The van der Waals surface area contributed by atoms with Crippen LogP contribution in [0.4, 0.5) is 23.4 Å². The van der Waals surface area contributed by atoms with E-state index in [9.17, 15) is 22.4 Å². The van der Waals surface area contributed by atoms with Crippen LogP contribution in [0.1, 0.15) is 6.42 Å². The Bertz CT molecular complexity index is 1050. The number of pyridine rings is 2. The summed E-state index contributed by atoms with van der Waals surface area (Å²) in [6.45, 7) is 0. The number of carbonyl (C=O) groups is 1. The van der Waals surface area contributed by atoms with Gasteiger partial charge >= 0.3 is 6.36 Å². The second-order valence-corrected chi connectivity index (χ2v) is 6.38. The smallest absolute Gasteiger partial charge is 0.405 e. The van der Waals surface area contributed by atoms with E-state index in [-0.39, 0.29) is 29.2 Å². The Morgan fingerprint density at radius 3 is 2.50 bits per heavy atom. The van der Waals surface area contributed by atoms with Gasteiger partial charge in [0.2, 0.25) is 5.91 Å². The van der Waals surface area contributed by atoms with Gasteiger partial charge in [0.25, 0.3) is 0 Å². The lowest BCUT2D eigenvalue weighted by atomic mass is 10.1. The molecule has 1 aromatic carbocycles. The zero-order valence-electron chi connectivity index (χ0n) is 14.2. The van der Waals surface area contributed by atoms with Crippen molar-refractivity contribution < 1.29 is 27.1 Å². The van der Waals surface area contributed by atoms with Crippen LogP contribution in [0.2, 0.25) is 0 Å². The maximum absolute atomic E-state index is 13.0. The zero-order valence-corrected chi connectivity index (χ0v) is 14.2. The van der Waals surface area contributed by atoms with Gasteiger partial charge in [0.05, 0.1) is 11.6 Å². The predicted molar refractivity (Wildman–Crippen MR) is 93.3 cm³/mol. The third kappa shape index (κ3) is 3.88. The number of nitrogens with zero attached hydrogens (tertiary/aromatic N) is 2. The van der Waals surface area contributed by atoms with Gasteiger partial charge in [-0.25, -0.2) is 9.37 Å².